The van der Waals surface area contributed by atoms with Gasteiger partial charge in [-0.25, -0.2) is 4.79 Å². The van der Waals surface area contributed by atoms with E-state index in [0.717, 1.165) is 12.8 Å². The third-order valence-electron chi connectivity index (χ3n) is 4.22. The normalized spacial score (nSPS) is 26.0. The first-order chi connectivity index (χ1) is 10.1. The fourth-order valence-corrected chi connectivity index (χ4v) is 2.87. The van der Waals surface area contributed by atoms with Crippen molar-refractivity contribution in [3.63, 3.8) is 0 Å². The van der Waals surface area contributed by atoms with Gasteiger partial charge in [0.2, 0.25) is 0 Å². The molecule has 2 N–H and O–H groups in total. The van der Waals surface area contributed by atoms with Crippen molar-refractivity contribution in [2.24, 2.45) is 5.92 Å². The Morgan fingerprint density at radius 1 is 1.33 bits per heavy atom. The second kappa shape index (κ2) is 7.61. The molecule has 0 aromatic rings. The number of carboxylic acids is 1. The van der Waals surface area contributed by atoms with Crippen LogP contribution in [0.4, 0.5) is 4.79 Å². The number of nitrogens with zero attached hydrogens (tertiary/aromatic N) is 1. The Morgan fingerprint density at radius 3 is 2.71 bits per heavy atom. The minimum absolute atomic E-state index is 0.155. The number of urea groups is 1. The Labute approximate surface area is 124 Å². The molecule has 0 aromatic carbocycles. The maximum Gasteiger partial charge on any atom is 0.317 e. The molecule has 1 saturated heterocycles. The number of hydrogen-bond donors (Lipinski definition) is 2. The fourth-order valence-electron chi connectivity index (χ4n) is 2.87. The van der Waals surface area contributed by atoms with Crippen LogP contribution in [0.3, 0.4) is 0 Å². The summed E-state index contributed by atoms with van der Waals surface area (Å²) in [6, 6.07) is -0.704. The van der Waals surface area contributed by atoms with E-state index in [-0.39, 0.29) is 19.2 Å². The van der Waals surface area contributed by atoms with Crippen molar-refractivity contribution in [2.45, 2.75) is 37.8 Å². The molecule has 2 unspecified atom stereocenters. The molecule has 1 aliphatic heterocycles. The predicted molar refractivity (Wildman–Crippen MR) is 75.1 cm³/mol. The maximum atomic E-state index is 12.0. The Morgan fingerprint density at radius 2 is 2.05 bits per heavy atom. The highest BCUT2D eigenvalue weighted by Gasteiger charge is 2.38. The zero-order chi connectivity index (χ0) is 15.2. The highest BCUT2D eigenvalue weighted by Crippen LogP contribution is 2.21. The number of carboxylic acid groups (broad SMARTS) is 1. The van der Waals surface area contributed by atoms with Crippen molar-refractivity contribution < 1.29 is 24.2 Å². The molecular weight excluding hydrogens is 276 g/mol. The number of rotatable bonds is 6. The second-order valence-corrected chi connectivity index (χ2v) is 5.67. The molecule has 21 heavy (non-hydrogen) atoms. The summed E-state index contributed by atoms with van der Waals surface area (Å²) >= 11 is 0. The lowest BCUT2D eigenvalue weighted by Gasteiger charge is -2.26. The highest BCUT2D eigenvalue weighted by molar-refractivity contribution is 5.77. The lowest BCUT2D eigenvalue weighted by atomic mass is 10.0. The lowest BCUT2D eigenvalue weighted by Crippen LogP contribution is -2.49. The smallest absolute Gasteiger partial charge is 0.317 e. The average molecular weight is 300 g/mol. The first kappa shape index (κ1) is 16.0. The van der Waals surface area contributed by atoms with Crippen LogP contribution in [0, 0.1) is 5.92 Å². The van der Waals surface area contributed by atoms with Crippen LogP contribution >= 0.6 is 0 Å². The Hall–Kier alpha value is -1.34. The largest absolute Gasteiger partial charge is 0.481 e. The van der Waals surface area contributed by atoms with Gasteiger partial charge in [-0.05, 0) is 12.8 Å². The number of nitrogens with one attached hydrogen (secondary N) is 1. The molecule has 0 aromatic heterocycles. The van der Waals surface area contributed by atoms with Gasteiger partial charge in [-0.15, -0.1) is 0 Å². The number of likely N-dealkylation sites (N-methyl/N-ethyl adjacent to an activating group) is 1. The molecule has 2 rings (SSSR count). The van der Waals surface area contributed by atoms with Gasteiger partial charge in [-0.2, -0.15) is 0 Å². The summed E-state index contributed by atoms with van der Waals surface area (Å²) in [6.45, 7) is 1.35. The van der Waals surface area contributed by atoms with Gasteiger partial charge in [0.25, 0.3) is 0 Å². The van der Waals surface area contributed by atoms with E-state index >= 15 is 0 Å². The van der Waals surface area contributed by atoms with E-state index in [9.17, 15) is 9.59 Å². The Bertz CT molecular complexity index is 370. The van der Waals surface area contributed by atoms with E-state index in [4.69, 9.17) is 14.6 Å². The minimum Gasteiger partial charge on any atom is -0.481 e. The third-order valence-corrected chi connectivity index (χ3v) is 4.22. The van der Waals surface area contributed by atoms with Crippen LogP contribution in [0.1, 0.15) is 25.7 Å². The second-order valence-electron chi connectivity index (χ2n) is 5.67. The molecule has 0 spiro atoms. The van der Waals surface area contributed by atoms with Crippen LogP contribution in [-0.2, 0) is 14.3 Å². The van der Waals surface area contributed by atoms with Crippen LogP contribution < -0.4 is 5.32 Å². The number of carbonyl (C=O) groups is 2. The Kier molecular flexibility index (Phi) is 5.81. The first-order valence-electron chi connectivity index (χ1n) is 7.52. The van der Waals surface area contributed by atoms with Gasteiger partial charge >= 0.3 is 12.0 Å². The molecular formula is C14H24N2O5. The molecule has 1 heterocycles. The van der Waals surface area contributed by atoms with Crippen molar-refractivity contribution in [1.29, 1.82) is 0 Å². The summed E-state index contributed by atoms with van der Waals surface area (Å²) in [6.07, 6.45) is 4.98. The predicted octanol–water partition coefficient (Wildman–Crippen LogP) is 0.687. The minimum atomic E-state index is -0.929. The maximum absolute atomic E-state index is 12.0. The molecule has 7 heteroatoms. The van der Waals surface area contributed by atoms with E-state index in [1.807, 2.05) is 0 Å². The van der Waals surface area contributed by atoms with Crippen LogP contribution in [0.5, 0.6) is 0 Å². The monoisotopic (exact) mass is 300 g/mol. The Balaban J connectivity index is 1.68. The van der Waals surface area contributed by atoms with E-state index < -0.39 is 17.9 Å². The third kappa shape index (κ3) is 4.31. The van der Waals surface area contributed by atoms with Crippen LogP contribution in [0.25, 0.3) is 0 Å². The molecule has 2 fully saturated rings. The molecule has 1 saturated carbocycles. The average Bonchev–Trinajstić information content (AvgIpc) is 3.13. The molecule has 0 radical (unpaired) electrons. The van der Waals surface area contributed by atoms with E-state index in [1.165, 1.54) is 17.7 Å². The van der Waals surface area contributed by atoms with Gasteiger partial charge in [0.1, 0.15) is 5.92 Å². The standard InChI is InChI=1S/C14H24N2O5/c1-16(12-9-20-8-11(12)13(17)18)14(19)15-6-7-21-10-4-2-3-5-10/h10-12H,2-9H2,1H3,(H,15,19)(H,17,18). The van der Waals surface area contributed by atoms with Gasteiger partial charge in [0, 0.05) is 13.6 Å². The molecule has 2 aliphatic rings. The number of ether oxygens (including phenoxy) is 2. The van der Waals surface area contributed by atoms with Crippen LogP contribution in [-0.4, -0.2) is 67.6 Å². The highest BCUT2D eigenvalue weighted by atomic mass is 16.5. The fraction of sp³-hybridized carbons (Fsp3) is 0.857. The van der Waals surface area contributed by atoms with Crippen molar-refractivity contribution in [2.75, 3.05) is 33.4 Å². The van der Waals surface area contributed by atoms with Gasteiger partial charge in [0.15, 0.2) is 0 Å². The van der Waals surface area contributed by atoms with Crippen molar-refractivity contribution in [1.82, 2.24) is 10.2 Å². The SMILES string of the molecule is CN(C(=O)NCCOC1CCCC1)C1COCC1C(=O)O. The molecule has 1 aliphatic carbocycles. The van der Waals surface area contributed by atoms with Crippen LogP contribution in [0.15, 0.2) is 0 Å². The van der Waals surface area contributed by atoms with E-state index in [1.54, 1.807) is 7.05 Å². The van der Waals surface area contributed by atoms with Crippen LogP contribution in [0.2, 0.25) is 0 Å². The van der Waals surface area contributed by atoms with Gasteiger partial charge in [-0.1, -0.05) is 12.8 Å². The van der Waals surface area contributed by atoms with E-state index in [0.29, 0.717) is 19.3 Å². The van der Waals surface area contributed by atoms with Gasteiger partial charge in [0.05, 0.1) is 32.0 Å². The van der Waals surface area contributed by atoms with E-state index in [2.05, 4.69) is 5.32 Å². The summed E-state index contributed by atoms with van der Waals surface area (Å²) in [4.78, 5) is 24.5. The summed E-state index contributed by atoms with van der Waals surface area (Å²) < 4.78 is 10.8. The molecule has 2 atom stereocenters. The number of aliphatic carboxylic acids is 1. The quantitative estimate of drug-likeness (QED) is 0.705. The number of hydrogen-bond acceptors (Lipinski definition) is 4. The molecule has 0 bridgehead atoms. The molecule has 2 amide bonds. The topological polar surface area (TPSA) is 88.1 Å². The summed E-state index contributed by atoms with van der Waals surface area (Å²) in [5, 5.41) is 11.8. The number of amides is 2. The lowest BCUT2D eigenvalue weighted by molar-refractivity contribution is -0.142. The van der Waals surface area contributed by atoms with Crippen molar-refractivity contribution in [3.05, 3.63) is 0 Å². The zero-order valence-corrected chi connectivity index (χ0v) is 12.4. The zero-order valence-electron chi connectivity index (χ0n) is 12.4. The number of carbonyl (C=O) groups excluding carboxylic acids is 1. The summed E-state index contributed by atoms with van der Waals surface area (Å²) in [7, 11) is 1.60. The van der Waals surface area contributed by atoms with Gasteiger partial charge in [-0.3, -0.25) is 4.79 Å². The first-order valence-corrected chi connectivity index (χ1v) is 7.52. The molecule has 120 valence electrons. The summed E-state index contributed by atoms with van der Waals surface area (Å²) in [5.41, 5.74) is 0. The van der Waals surface area contributed by atoms with Crippen molar-refractivity contribution >= 4 is 12.0 Å². The van der Waals surface area contributed by atoms with Gasteiger partial charge < -0.3 is 24.8 Å². The molecule has 7 nitrogen and oxygen atoms in total. The summed E-state index contributed by atoms with van der Waals surface area (Å²) in [5.74, 6) is -1.59. The van der Waals surface area contributed by atoms with Crippen molar-refractivity contribution in [3.8, 4) is 0 Å².